The van der Waals surface area contributed by atoms with E-state index in [-0.39, 0.29) is 0 Å². The summed E-state index contributed by atoms with van der Waals surface area (Å²) in [6.45, 7) is 6.30. The molecule has 0 amide bonds. The predicted molar refractivity (Wildman–Crippen MR) is 61.6 cm³/mol. The average Bonchev–Trinajstić information content (AvgIpc) is 2.23. The van der Waals surface area contributed by atoms with Crippen LogP contribution in [0.1, 0.15) is 40.0 Å². The van der Waals surface area contributed by atoms with Gasteiger partial charge in [-0.1, -0.05) is 33.1 Å². The Labute approximate surface area is 92.3 Å². The van der Waals surface area contributed by atoms with E-state index in [9.17, 15) is 9.90 Å². The summed E-state index contributed by atoms with van der Waals surface area (Å²) in [5.74, 6) is 2.00. The second-order valence-corrected chi connectivity index (χ2v) is 4.02. The molecule has 0 rings (SSSR count). The molecule has 15 heavy (non-hydrogen) atoms. The molecule has 0 radical (unpaired) electrons. The molecule has 0 aliphatic carbocycles. The van der Waals surface area contributed by atoms with Crippen LogP contribution in [0.4, 0.5) is 0 Å². The van der Waals surface area contributed by atoms with Crippen molar-refractivity contribution in [1.82, 2.24) is 5.32 Å². The van der Waals surface area contributed by atoms with Crippen molar-refractivity contribution in [1.29, 1.82) is 0 Å². The fourth-order valence-electron chi connectivity index (χ4n) is 1.62. The van der Waals surface area contributed by atoms with E-state index in [0.717, 1.165) is 6.42 Å². The molecule has 2 N–H and O–H groups in total. The molecule has 0 fully saturated rings. The average molecular weight is 211 g/mol. The predicted octanol–water partition coefficient (Wildman–Crippen LogP) is 1.88. The Balaban J connectivity index is 4.66. The lowest BCUT2D eigenvalue weighted by molar-refractivity contribution is -0.145. The maximum Gasteiger partial charge on any atom is 0.323 e. The van der Waals surface area contributed by atoms with Crippen LogP contribution in [0.5, 0.6) is 0 Å². The van der Waals surface area contributed by atoms with Crippen LogP contribution in [-0.4, -0.2) is 23.2 Å². The number of carboxylic acids is 1. The largest absolute Gasteiger partial charge is 0.480 e. The monoisotopic (exact) mass is 211 g/mol. The highest BCUT2D eigenvalue weighted by atomic mass is 16.4. The minimum atomic E-state index is -0.859. The Bertz CT molecular complexity index is 244. The van der Waals surface area contributed by atoms with E-state index < -0.39 is 11.5 Å². The minimum absolute atomic E-state index is 0.302. The zero-order valence-electron chi connectivity index (χ0n) is 9.84. The lowest BCUT2D eigenvalue weighted by Crippen LogP contribution is -2.52. The molecule has 0 aromatic rings. The molecule has 0 aromatic heterocycles. The van der Waals surface area contributed by atoms with Gasteiger partial charge in [-0.3, -0.25) is 10.1 Å². The number of hydrogen-bond donors (Lipinski definition) is 2. The van der Waals surface area contributed by atoms with Gasteiger partial charge in [-0.2, -0.15) is 0 Å². The Kier molecular flexibility index (Phi) is 6.03. The number of terminal acetylenes is 1. The van der Waals surface area contributed by atoms with Gasteiger partial charge in [0.2, 0.25) is 0 Å². The number of carboxylic acid groups (broad SMARTS) is 1. The van der Waals surface area contributed by atoms with Crippen molar-refractivity contribution in [2.75, 3.05) is 6.54 Å². The molecule has 0 aliphatic rings. The molecule has 2 unspecified atom stereocenters. The van der Waals surface area contributed by atoms with E-state index >= 15 is 0 Å². The molecule has 0 spiro atoms. The van der Waals surface area contributed by atoms with Gasteiger partial charge in [0.25, 0.3) is 0 Å². The van der Waals surface area contributed by atoms with Crippen LogP contribution in [-0.2, 0) is 4.79 Å². The van der Waals surface area contributed by atoms with Gasteiger partial charge in [0, 0.05) is 0 Å². The van der Waals surface area contributed by atoms with Gasteiger partial charge in [-0.05, 0) is 18.8 Å². The van der Waals surface area contributed by atoms with Gasteiger partial charge in [-0.25, -0.2) is 0 Å². The SMILES string of the molecule is C#CCNC(CC)(CC(C)CC)C(=O)O. The molecule has 3 nitrogen and oxygen atoms in total. The minimum Gasteiger partial charge on any atom is -0.480 e. The summed E-state index contributed by atoms with van der Waals surface area (Å²) < 4.78 is 0. The summed E-state index contributed by atoms with van der Waals surface area (Å²) in [4.78, 5) is 11.3. The maximum atomic E-state index is 11.3. The Hall–Kier alpha value is -1.01. The van der Waals surface area contributed by atoms with Crippen molar-refractivity contribution < 1.29 is 9.90 Å². The molecule has 0 bridgehead atoms. The lowest BCUT2D eigenvalue weighted by atomic mass is 9.84. The van der Waals surface area contributed by atoms with E-state index in [1.807, 2.05) is 6.92 Å². The Morgan fingerprint density at radius 1 is 1.60 bits per heavy atom. The molecular weight excluding hydrogens is 190 g/mol. The highest BCUT2D eigenvalue weighted by Crippen LogP contribution is 2.23. The topological polar surface area (TPSA) is 49.3 Å². The Morgan fingerprint density at radius 3 is 2.53 bits per heavy atom. The maximum absolute atomic E-state index is 11.3. The van der Waals surface area contributed by atoms with Gasteiger partial charge < -0.3 is 5.11 Å². The summed E-state index contributed by atoms with van der Waals surface area (Å²) in [5, 5.41) is 12.2. The van der Waals surface area contributed by atoms with E-state index in [2.05, 4.69) is 25.1 Å². The van der Waals surface area contributed by atoms with Gasteiger partial charge in [0.05, 0.1) is 6.54 Å². The second kappa shape index (κ2) is 6.47. The van der Waals surface area contributed by atoms with Crippen molar-refractivity contribution in [2.24, 2.45) is 5.92 Å². The van der Waals surface area contributed by atoms with Crippen molar-refractivity contribution in [3.05, 3.63) is 0 Å². The normalized spacial score (nSPS) is 16.4. The zero-order chi connectivity index (χ0) is 11.9. The summed E-state index contributed by atoms with van der Waals surface area (Å²) in [5.41, 5.74) is -0.859. The van der Waals surface area contributed by atoms with Crippen molar-refractivity contribution in [3.8, 4) is 12.3 Å². The highest BCUT2D eigenvalue weighted by molar-refractivity contribution is 5.78. The first-order valence-electron chi connectivity index (χ1n) is 5.44. The summed E-state index contributed by atoms with van der Waals surface area (Å²) >= 11 is 0. The van der Waals surface area contributed by atoms with Gasteiger partial charge in [0.15, 0.2) is 0 Å². The van der Waals surface area contributed by atoms with Crippen molar-refractivity contribution >= 4 is 5.97 Å². The van der Waals surface area contributed by atoms with Crippen molar-refractivity contribution in [2.45, 2.75) is 45.6 Å². The lowest BCUT2D eigenvalue weighted by Gasteiger charge is -2.31. The molecule has 0 saturated heterocycles. The Morgan fingerprint density at radius 2 is 2.20 bits per heavy atom. The molecular formula is C12H21NO2. The first kappa shape index (κ1) is 14.0. The summed E-state index contributed by atoms with van der Waals surface area (Å²) in [6.07, 6.45) is 7.30. The van der Waals surface area contributed by atoms with Gasteiger partial charge in [0.1, 0.15) is 5.54 Å². The second-order valence-electron chi connectivity index (χ2n) is 4.02. The first-order chi connectivity index (χ1) is 7.02. The number of rotatable bonds is 7. The number of aliphatic carboxylic acids is 1. The molecule has 0 aliphatic heterocycles. The summed E-state index contributed by atoms with van der Waals surface area (Å²) in [6, 6.07) is 0. The fraction of sp³-hybridized carbons (Fsp3) is 0.750. The molecule has 2 atom stereocenters. The quantitative estimate of drug-likeness (QED) is 0.632. The smallest absolute Gasteiger partial charge is 0.323 e. The van der Waals surface area contributed by atoms with Crippen molar-refractivity contribution in [3.63, 3.8) is 0 Å². The van der Waals surface area contributed by atoms with Crippen LogP contribution in [0.2, 0.25) is 0 Å². The summed E-state index contributed by atoms with van der Waals surface area (Å²) in [7, 11) is 0. The third kappa shape index (κ3) is 3.93. The van der Waals surface area contributed by atoms with Crippen LogP contribution in [0.15, 0.2) is 0 Å². The first-order valence-corrected chi connectivity index (χ1v) is 5.44. The van der Waals surface area contributed by atoms with E-state index in [1.165, 1.54) is 0 Å². The number of nitrogens with one attached hydrogen (secondary N) is 1. The highest BCUT2D eigenvalue weighted by Gasteiger charge is 2.36. The number of carbonyl (C=O) groups is 1. The molecule has 0 aromatic carbocycles. The molecule has 0 saturated carbocycles. The van der Waals surface area contributed by atoms with Crippen LogP contribution in [0, 0.1) is 18.3 Å². The van der Waals surface area contributed by atoms with Gasteiger partial charge in [-0.15, -0.1) is 6.42 Å². The molecule has 3 heteroatoms. The van der Waals surface area contributed by atoms with E-state index in [4.69, 9.17) is 6.42 Å². The van der Waals surface area contributed by atoms with E-state index in [0.29, 0.717) is 25.3 Å². The standard InChI is InChI=1S/C12H21NO2/c1-5-8-13-12(7-3,11(14)15)9-10(4)6-2/h1,10,13H,6-9H2,2-4H3,(H,14,15). The zero-order valence-corrected chi connectivity index (χ0v) is 9.84. The van der Waals surface area contributed by atoms with Crippen LogP contribution < -0.4 is 5.32 Å². The van der Waals surface area contributed by atoms with Crippen LogP contribution in [0.25, 0.3) is 0 Å². The van der Waals surface area contributed by atoms with E-state index in [1.54, 1.807) is 0 Å². The number of hydrogen-bond acceptors (Lipinski definition) is 2. The third-order valence-corrected chi connectivity index (χ3v) is 2.94. The van der Waals surface area contributed by atoms with Crippen LogP contribution in [0.3, 0.4) is 0 Å². The molecule has 86 valence electrons. The molecule has 0 heterocycles. The third-order valence-electron chi connectivity index (χ3n) is 2.94. The fourth-order valence-corrected chi connectivity index (χ4v) is 1.62. The van der Waals surface area contributed by atoms with Crippen LogP contribution >= 0.6 is 0 Å². The van der Waals surface area contributed by atoms with Gasteiger partial charge >= 0.3 is 5.97 Å².